The average molecular weight is 477 g/mol. The van der Waals surface area contributed by atoms with Crippen molar-refractivity contribution in [3.63, 3.8) is 0 Å². The maximum atomic E-state index is 12.6. The molecule has 0 saturated heterocycles. The number of amides is 1. The zero-order valence-corrected chi connectivity index (χ0v) is 20.4. The summed E-state index contributed by atoms with van der Waals surface area (Å²) in [4.78, 5) is 16.7. The van der Waals surface area contributed by atoms with Crippen molar-refractivity contribution in [3.8, 4) is 11.5 Å². The number of carbonyl (C=O) groups is 1. The van der Waals surface area contributed by atoms with E-state index in [9.17, 15) is 4.79 Å². The number of unbranched alkanes of at least 4 members (excludes halogenated alkanes) is 1. The molecule has 7 nitrogen and oxygen atoms in total. The largest absolute Gasteiger partial charge is 0.490 e. The molecule has 2 aliphatic heterocycles. The number of benzene rings is 2. The summed E-state index contributed by atoms with van der Waals surface area (Å²) in [6.45, 7) is 7.03. The number of hydrogen-bond donors (Lipinski definition) is 1. The van der Waals surface area contributed by atoms with E-state index in [4.69, 9.17) is 14.9 Å². The lowest BCUT2D eigenvalue weighted by Crippen LogP contribution is -2.35. The van der Waals surface area contributed by atoms with E-state index in [1.807, 2.05) is 56.3 Å². The molecule has 34 heavy (non-hydrogen) atoms. The topological polar surface area (TPSA) is 87.3 Å². The van der Waals surface area contributed by atoms with Gasteiger partial charge < -0.3 is 9.47 Å². The molecule has 0 bridgehead atoms. The lowest BCUT2D eigenvalue weighted by molar-refractivity contribution is -0.114. The minimum absolute atomic E-state index is 0.0537. The van der Waals surface area contributed by atoms with Gasteiger partial charge in [0.05, 0.1) is 5.57 Å². The Morgan fingerprint density at radius 3 is 2.47 bits per heavy atom. The molecule has 4 rings (SSSR count). The second-order valence-electron chi connectivity index (χ2n) is 8.10. The first-order valence-corrected chi connectivity index (χ1v) is 12.2. The predicted molar refractivity (Wildman–Crippen MR) is 138 cm³/mol. The third-order valence-corrected chi connectivity index (χ3v) is 6.41. The molecule has 2 aromatic rings. The highest BCUT2D eigenvalue weighted by Gasteiger charge is 2.35. The van der Waals surface area contributed by atoms with Gasteiger partial charge in [-0.05, 0) is 73.4 Å². The van der Waals surface area contributed by atoms with Gasteiger partial charge in [0.15, 0.2) is 5.84 Å². The quantitative estimate of drug-likeness (QED) is 0.378. The Morgan fingerprint density at radius 2 is 1.76 bits per heavy atom. The van der Waals surface area contributed by atoms with Gasteiger partial charge in [0.25, 0.3) is 5.91 Å². The van der Waals surface area contributed by atoms with E-state index in [2.05, 4.69) is 17.0 Å². The molecule has 0 unspecified atom stereocenters. The van der Waals surface area contributed by atoms with Crippen LogP contribution in [-0.4, -0.2) is 40.2 Å². The van der Waals surface area contributed by atoms with Gasteiger partial charge in [0, 0.05) is 0 Å². The minimum Gasteiger partial charge on any atom is -0.490 e. The molecule has 0 aromatic heterocycles. The van der Waals surface area contributed by atoms with Gasteiger partial charge in [-0.15, -0.1) is 0 Å². The SMILES string of the molecule is CCCCC1=NN2C(=N)C(=Cc3ccc(OCCOc4c(C)cccc4C)cc3)C(=O)N=C2S1. The Labute approximate surface area is 204 Å². The molecule has 1 amide bonds. The third kappa shape index (κ3) is 5.39. The molecule has 0 atom stereocenters. The summed E-state index contributed by atoms with van der Waals surface area (Å²) in [5.41, 5.74) is 3.22. The summed E-state index contributed by atoms with van der Waals surface area (Å²) in [5.74, 6) is 1.24. The molecule has 2 heterocycles. The second-order valence-corrected chi connectivity index (χ2v) is 9.14. The summed E-state index contributed by atoms with van der Waals surface area (Å²) in [6, 6.07) is 13.4. The van der Waals surface area contributed by atoms with Gasteiger partial charge in [0.1, 0.15) is 29.8 Å². The van der Waals surface area contributed by atoms with Gasteiger partial charge in [-0.25, -0.2) is 0 Å². The number of amidine groups is 2. The number of aliphatic imine (C=N–C) groups is 1. The number of hydrogen-bond acceptors (Lipinski definition) is 6. The van der Waals surface area contributed by atoms with E-state index < -0.39 is 5.91 Å². The van der Waals surface area contributed by atoms with E-state index >= 15 is 0 Å². The normalized spacial score (nSPS) is 16.4. The first kappa shape index (κ1) is 23.8. The molecule has 0 fully saturated rings. The monoisotopic (exact) mass is 476 g/mol. The first-order valence-electron chi connectivity index (χ1n) is 11.4. The molecule has 176 valence electrons. The summed E-state index contributed by atoms with van der Waals surface area (Å²) in [7, 11) is 0. The first-order chi connectivity index (χ1) is 16.5. The number of ether oxygens (including phenoxy) is 2. The van der Waals surface area contributed by atoms with Crippen LogP contribution < -0.4 is 9.47 Å². The Balaban J connectivity index is 1.35. The van der Waals surface area contributed by atoms with Crippen molar-refractivity contribution in [2.24, 2.45) is 10.1 Å². The zero-order valence-electron chi connectivity index (χ0n) is 19.6. The number of nitrogens with zero attached hydrogens (tertiary/aromatic N) is 3. The van der Waals surface area contributed by atoms with Gasteiger partial charge in [-0.1, -0.05) is 43.7 Å². The van der Waals surface area contributed by atoms with Crippen LogP contribution in [0.2, 0.25) is 0 Å². The molecule has 2 aromatic carbocycles. The Kier molecular flexibility index (Phi) is 7.47. The van der Waals surface area contributed by atoms with Crippen LogP contribution in [0.1, 0.15) is 42.9 Å². The van der Waals surface area contributed by atoms with E-state index in [1.54, 1.807) is 6.08 Å². The van der Waals surface area contributed by atoms with Crippen molar-refractivity contribution < 1.29 is 14.3 Å². The van der Waals surface area contributed by atoms with E-state index in [0.29, 0.717) is 24.1 Å². The standard InChI is InChI=1S/C26H28N4O3S/c1-4-5-9-22-29-30-24(27)21(25(31)28-26(30)34-22)16-19-10-12-20(13-11-19)32-14-15-33-23-17(2)7-6-8-18(23)3/h6-8,10-13,16,27H,4-5,9,14-15H2,1-3H3. The smallest absolute Gasteiger partial charge is 0.283 e. The third-order valence-electron chi connectivity index (χ3n) is 5.44. The molecule has 0 radical (unpaired) electrons. The van der Waals surface area contributed by atoms with Crippen molar-refractivity contribution in [1.82, 2.24) is 5.01 Å². The predicted octanol–water partition coefficient (Wildman–Crippen LogP) is 5.57. The number of fused-ring (bicyclic) bond motifs is 1. The van der Waals surface area contributed by atoms with Crippen molar-refractivity contribution in [2.45, 2.75) is 40.0 Å². The van der Waals surface area contributed by atoms with Crippen LogP contribution in [0.15, 0.2) is 58.1 Å². The molecular weight excluding hydrogens is 448 g/mol. The molecule has 0 saturated carbocycles. The van der Waals surface area contributed by atoms with Crippen LogP contribution >= 0.6 is 11.8 Å². The van der Waals surface area contributed by atoms with E-state index in [0.717, 1.165) is 46.7 Å². The van der Waals surface area contributed by atoms with Crippen molar-refractivity contribution in [3.05, 3.63) is 64.7 Å². The Hall–Kier alpha value is -3.39. The Morgan fingerprint density at radius 1 is 1.06 bits per heavy atom. The molecule has 0 aliphatic carbocycles. The van der Waals surface area contributed by atoms with Crippen LogP contribution in [0, 0.1) is 19.3 Å². The molecular formula is C26H28N4O3S. The van der Waals surface area contributed by atoms with E-state index in [-0.39, 0.29) is 11.4 Å². The minimum atomic E-state index is -0.417. The zero-order chi connectivity index (χ0) is 24.1. The fourth-order valence-corrected chi connectivity index (χ4v) is 4.54. The van der Waals surface area contributed by atoms with Crippen molar-refractivity contribution >= 4 is 39.8 Å². The number of para-hydroxylation sites is 1. The average Bonchev–Trinajstić information content (AvgIpc) is 3.23. The molecule has 2 aliphatic rings. The number of aryl methyl sites for hydroxylation is 2. The van der Waals surface area contributed by atoms with Gasteiger partial charge in [0.2, 0.25) is 5.17 Å². The number of nitrogens with one attached hydrogen (secondary N) is 1. The van der Waals surface area contributed by atoms with Crippen LogP contribution in [0.5, 0.6) is 11.5 Å². The molecule has 0 spiro atoms. The van der Waals surface area contributed by atoms with Gasteiger partial charge in [-0.3, -0.25) is 10.2 Å². The maximum Gasteiger partial charge on any atom is 0.283 e. The van der Waals surface area contributed by atoms with Crippen LogP contribution in [0.4, 0.5) is 0 Å². The fourth-order valence-electron chi connectivity index (χ4n) is 3.62. The number of hydrazone groups is 1. The lowest BCUT2D eigenvalue weighted by atomic mass is 10.1. The lowest BCUT2D eigenvalue weighted by Gasteiger charge is -2.20. The van der Waals surface area contributed by atoms with E-state index in [1.165, 1.54) is 16.8 Å². The highest BCUT2D eigenvalue weighted by molar-refractivity contribution is 8.26. The Bertz CT molecular complexity index is 1160. The van der Waals surface area contributed by atoms with Crippen molar-refractivity contribution in [1.29, 1.82) is 5.41 Å². The number of thioether (sulfide) groups is 1. The number of carbonyl (C=O) groups excluding carboxylic acids is 1. The molecule has 8 heteroatoms. The fraction of sp³-hybridized carbons (Fsp3) is 0.308. The van der Waals surface area contributed by atoms with Crippen LogP contribution in [-0.2, 0) is 4.79 Å². The summed E-state index contributed by atoms with van der Waals surface area (Å²) in [5, 5.41) is 15.8. The number of rotatable bonds is 9. The summed E-state index contributed by atoms with van der Waals surface area (Å²) >= 11 is 1.37. The molecule has 1 N–H and O–H groups in total. The van der Waals surface area contributed by atoms with Gasteiger partial charge >= 0.3 is 0 Å². The van der Waals surface area contributed by atoms with Crippen LogP contribution in [0.25, 0.3) is 6.08 Å². The summed E-state index contributed by atoms with van der Waals surface area (Å²) in [6.07, 6.45) is 4.58. The highest BCUT2D eigenvalue weighted by atomic mass is 32.2. The summed E-state index contributed by atoms with van der Waals surface area (Å²) < 4.78 is 11.7. The van der Waals surface area contributed by atoms with Gasteiger partial charge in [-0.2, -0.15) is 15.1 Å². The highest BCUT2D eigenvalue weighted by Crippen LogP contribution is 2.30. The second kappa shape index (κ2) is 10.7. The van der Waals surface area contributed by atoms with Crippen molar-refractivity contribution in [2.75, 3.05) is 13.2 Å². The van der Waals surface area contributed by atoms with Crippen LogP contribution in [0.3, 0.4) is 0 Å². The maximum absolute atomic E-state index is 12.6.